The monoisotopic (exact) mass is 291 g/mol. The number of nitrogens with zero attached hydrogens (tertiary/aromatic N) is 2. The molecule has 20 heavy (non-hydrogen) atoms. The first-order valence-corrected chi connectivity index (χ1v) is 7.80. The standard InChI is InChI=1S/C15H21N3OS/c1-11(13-5-4-8-20-13)18(3)9-14(19)17-15(2,10-16)12-6-7-12/h4-5,8,11-12H,6-7,9H2,1-3H3,(H,17,19). The van der Waals surface area contributed by atoms with Crippen molar-refractivity contribution in [3.63, 3.8) is 0 Å². The van der Waals surface area contributed by atoms with E-state index in [9.17, 15) is 10.1 Å². The fourth-order valence-corrected chi connectivity index (χ4v) is 3.17. The summed E-state index contributed by atoms with van der Waals surface area (Å²) in [4.78, 5) is 15.4. The molecule has 1 saturated carbocycles. The zero-order chi connectivity index (χ0) is 14.8. The van der Waals surface area contributed by atoms with Crippen molar-refractivity contribution in [2.45, 2.75) is 38.3 Å². The summed E-state index contributed by atoms with van der Waals surface area (Å²) in [5.74, 6) is 0.239. The van der Waals surface area contributed by atoms with Crippen molar-refractivity contribution in [1.29, 1.82) is 5.26 Å². The van der Waals surface area contributed by atoms with Gasteiger partial charge in [-0.05, 0) is 51.1 Å². The van der Waals surface area contributed by atoms with Gasteiger partial charge in [0.2, 0.25) is 5.91 Å². The Morgan fingerprint density at radius 2 is 2.40 bits per heavy atom. The van der Waals surface area contributed by atoms with Gasteiger partial charge in [-0.2, -0.15) is 5.26 Å². The van der Waals surface area contributed by atoms with Crippen LogP contribution in [0.2, 0.25) is 0 Å². The highest BCUT2D eigenvalue weighted by Crippen LogP contribution is 2.39. The molecule has 1 aliphatic rings. The SMILES string of the molecule is CC(c1cccs1)N(C)CC(=O)NC(C)(C#N)C1CC1. The lowest BCUT2D eigenvalue weighted by Crippen LogP contribution is -2.50. The molecule has 0 radical (unpaired) electrons. The van der Waals surface area contributed by atoms with Crippen LogP contribution in [0.3, 0.4) is 0 Å². The van der Waals surface area contributed by atoms with E-state index in [0.29, 0.717) is 12.5 Å². The molecule has 2 atom stereocenters. The van der Waals surface area contributed by atoms with Crippen LogP contribution in [-0.4, -0.2) is 29.9 Å². The first-order valence-electron chi connectivity index (χ1n) is 6.92. The Morgan fingerprint density at radius 3 is 2.90 bits per heavy atom. The number of carbonyl (C=O) groups excluding carboxylic acids is 1. The molecule has 4 nitrogen and oxygen atoms in total. The van der Waals surface area contributed by atoms with Crippen LogP contribution in [0.15, 0.2) is 17.5 Å². The largest absolute Gasteiger partial charge is 0.337 e. The number of nitriles is 1. The molecule has 108 valence electrons. The summed E-state index contributed by atoms with van der Waals surface area (Å²) in [7, 11) is 1.94. The number of hydrogen-bond donors (Lipinski definition) is 1. The van der Waals surface area contributed by atoms with Gasteiger partial charge in [0.15, 0.2) is 0 Å². The smallest absolute Gasteiger partial charge is 0.235 e. The van der Waals surface area contributed by atoms with Gasteiger partial charge < -0.3 is 5.32 Å². The lowest BCUT2D eigenvalue weighted by Gasteiger charge is -2.27. The molecule has 0 bridgehead atoms. The second-order valence-corrected chi connectivity index (χ2v) is 6.72. The molecule has 1 N–H and O–H groups in total. The maximum atomic E-state index is 12.1. The summed E-state index contributed by atoms with van der Waals surface area (Å²) >= 11 is 1.69. The summed E-state index contributed by atoms with van der Waals surface area (Å²) in [6, 6.07) is 6.55. The average Bonchev–Trinajstić information content (AvgIpc) is 3.14. The molecule has 1 aromatic rings. The summed E-state index contributed by atoms with van der Waals surface area (Å²) in [5.41, 5.74) is -0.704. The zero-order valence-corrected chi connectivity index (χ0v) is 13.0. The van der Waals surface area contributed by atoms with Crippen LogP contribution in [0.1, 0.15) is 37.6 Å². The van der Waals surface area contributed by atoms with E-state index in [2.05, 4.69) is 24.4 Å². The van der Waals surface area contributed by atoms with Crippen LogP contribution < -0.4 is 5.32 Å². The Kier molecular flexibility index (Phi) is 4.46. The molecule has 0 aliphatic heterocycles. The lowest BCUT2D eigenvalue weighted by atomic mass is 9.98. The van der Waals surface area contributed by atoms with Gasteiger partial charge >= 0.3 is 0 Å². The molecule has 1 amide bonds. The average molecular weight is 291 g/mol. The number of thiophene rings is 1. The van der Waals surface area contributed by atoms with Crippen molar-refractivity contribution in [2.24, 2.45) is 5.92 Å². The fraction of sp³-hybridized carbons (Fsp3) is 0.600. The van der Waals surface area contributed by atoms with Gasteiger partial charge in [0.05, 0.1) is 12.6 Å². The Hall–Kier alpha value is -1.38. The van der Waals surface area contributed by atoms with Crippen molar-refractivity contribution in [3.05, 3.63) is 22.4 Å². The van der Waals surface area contributed by atoms with Crippen molar-refractivity contribution in [2.75, 3.05) is 13.6 Å². The Bertz CT molecular complexity index is 504. The summed E-state index contributed by atoms with van der Waals surface area (Å²) < 4.78 is 0. The van der Waals surface area contributed by atoms with Crippen LogP contribution >= 0.6 is 11.3 Å². The third kappa shape index (κ3) is 3.38. The second-order valence-electron chi connectivity index (χ2n) is 5.74. The van der Waals surface area contributed by atoms with Crippen molar-refractivity contribution < 1.29 is 4.79 Å². The quantitative estimate of drug-likeness (QED) is 0.876. The van der Waals surface area contributed by atoms with Gasteiger partial charge in [-0.15, -0.1) is 11.3 Å². The van der Waals surface area contributed by atoms with Crippen LogP contribution in [-0.2, 0) is 4.79 Å². The topological polar surface area (TPSA) is 56.1 Å². The predicted molar refractivity (Wildman–Crippen MR) is 80.2 cm³/mol. The lowest BCUT2D eigenvalue weighted by molar-refractivity contribution is -0.123. The van der Waals surface area contributed by atoms with Gasteiger partial charge in [-0.25, -0.2) is 0 Å². The van der Waals surface area contributed by atoms with Gasteiger partial charge in [0.25, 0.3) is 0 Å². The molecule has 2 unspecified atom stereocenters. The molecule has 1 aromatic heterocycles. The van der Waals surface area contributed by atoms with E-state index in [4.69, 9.17) is 0 Å². The van der Waals surface area contributed by atoms with Crippen LogP contribution in [0.5, 0.6) is 0 Å². The third-order valence-electron chi connectivity index (χ3n) is 4.03. The predicted octanol–water partition coefficient (Wildman–Crippen LogP) is 2.55. The van der Waals surface area contributed by atoms with Crippen LogP contribution in [0.25, 0.3) is 0 Å². The van der Waals surface area contributed by atoms with Gasteiger partial charge in [0.1, 0.15) is 5.54 Å². The van der Waals surface area contributed by atoms with Crippen molar-refractivity contribution >= 4 is 17.2 Å². The molecule has 0 spiro atoms. The van der Waals surface area contributed by atoms with E-state index in [0.717, 1.165) is 12.8 Å². The summed E-state index contributed by atoms with van der Waals surface area (Å²) in [6.45, 7) is 4.22. The molecule has 1 heterocycles. The first kappa shape index (κ1) is 15.0. The molecular formula is C15H21N3OS. The second kappa shape index (κ2) is 5.94. The van der Waals surface area contributed by atoms with E-state index in [1.807, 2.05) is 30.3 Å². The van der Waals surface area contributed by atoms with E-state index >= 15 is 0 Å². The minimum absolute atomic E-state index is 0.0770. The number of likely N-dealkylation sites (N-methyl/N-ethyl adjacent to an activating group) is 1. The van der Waals surface area contributed by atoms with Crippen LogP contribution in [0.4, 0.5) is 0 Å². The molecule has 0 saturated heterocycles. The maximum Gasteiger partial charge on any atom is 0.235 e. The molecule has 0 aromatic carbocycles. The van der Waals surface area contributed by atoms with E-state index in [-0.39, 0.29) is 11.9 Å². The highest BCUT2D eigenvalue weighted by molar-refractivity contribution is 7.10. The van der Waals surface area contributed by atoms with Gasteiger partial charge in [-0.3, -0.25) is 9.69 Å². The first-order chi connectivity index (χ1) is 9.46. The minimum Gasteiger partial charge on any atom is -0.337 e. The number of rotatable bonds is 6. The molecule has 1 fully saturated rings. The zero-order valence-electron chi connectivity index (χ0n) is 12.2. The Balaban J connectivity index is 1.89. The maximum absolute atomic E-state index is 12.1. The highest BCUT2D eigenvalue weighted by Gasteiger charge is 2.43. The number of amides is 1. The highest BCUT2D eigenvalue weighted by atomic mass is 32.1. The molecule has 1 aliphatic carbocycles. The van der Waals surface area contributed by atoms with E-state index < -0.39 is 5.54 Å². The Labute approximate surface area is 124 Å². The number of hydrogen-bond acceptors (Lipinski definition) is 4. The molecular weight excluding hydrogens is 270 g/mol. The van der Waals surface area contributed by atoms with Gasteiger partial charge in [-0.1, -0.05) is 6.07 Å². The number of nitrogens with one attached hydrogen (secondary N) is 1. The summed E-state index contributed by atoms with van der Waals surface area (Å²) in [5, 5.41) is 14.2. The van der Waals surface area contributed by atoms with E-state index in [1.54, 1.807) is 11.3 Å². The molecule has 2 rings (SSSR count). The summed E-state index contributed by atoms with van der Waals surface area (Å²) in [6.07, 6.45) is 2.07. The van der Waals surface area contributed by atoms with Crippen molar-refractivity contribution in [3.8, 4) is 6.07 Å². The number of carbonyl (C=O) groups is 1. The Morgan fingerprint density at radius 1 is 1.70 bits per heavy atom. The molecule has 5 heteroatoms. The van der Waals surface area contributed by atoms with Crippen LogP contribution in [0, 0.1) is 17.2 Å². The normalized spacial score (nSPS) is 19.1. The van der Waals surface area contributed by atoms with Crippen molar-refractivity contribution in [1.82, 2.24) is 10.2 Å². The third-order valence-corrected chi connectivity index (χ3v) is 5.08. The minimum atomic E-state index is -0.704. The fourth-order valence-electron chi connectivity index (χ4n) is 2.32. The van der Waals surface area contributed by atoms with E-state index in [1.165, 1.54) is 4.88 Å². The van der Waals surface area contributed by atoms with Gasteiger partial charge in [0, 0.05) is 10.9 Å².